The predicted octanol–water partition coefficient (Wildman–Crippen LogP) is 2.36. The van der Waals surface area contributed by atoms with E-state index in [1.165, 1.54) is 14.0 Å². The number of ether oxygens (including phenoxy) is 1. The van der Waals surface area contributed by atoms with Gasteiger partial charge in [0.2, 0.25) is 0 Å². The summed E-state index contributed by atoms with van der Waals surface area (Å²) in [5, 5.41) is 0. The Kier molecular flexibility index (Phi) is 5.15. The molecule has 0 radical (unpaired) electrons. The molecule has 0 aliphatic heterocycles. The van der Waals surface area contributed by atoms with Crippen LogP contribution in [0.1, 0.15) is 18.9 Å². The maximum Gasteiger partial charge on any atom is 0.326 e. The first kappa shape index (κ1) is 16.2. The Labute approximate surface area is 122 Å². The van der Waals surface area contributed by atoms with Crippen molar-refractivity contribution in [2.24, 2.45) is 0 Å². The summed E-state index contributed by atoms with van der Waals surface area (Å²) in [6, 6.07) is 7.55. The molecule has 106 valence electrons. The van der Waals surface area contributed by atoms with Crippen molar-refractivity contribution in [3.63, 3.8) is 0 Å². The lowest BCUT2D eigenvalue weighted by Crippen LogP contribution is -2.44. The summed E-state index contributed by atoms with van der Waals surface area (Å²) < 4.78 is 27.7. The SMILES string of the molecule is COC(=O)C(C)(CCc1ccc(Br)cc1)S(C)(=O)=O. The number of sulfone groups is 1. The van der Waals surface area contributed by atoms with Gasteiger partial charge < -0.3 is 4.74 Å². The van der Waals surface area contributed by atoms with Crippen LogP contribution in [0.25, 0.3) is 0 Å². The van der Waals surface area contributed by atoms with Gasteiger partial charge in [0, 0.05) is 10.7 Å². The number of benzene rings is 1. The third kappa shape index (κ3) is 3.79. The number of esters is 1. The number of hydrogen-bond donors (Lipinski definition) is 0. The molecule has 0 N–H and O–H groups in total. The van der Waals surface area contributed by atoms with Crippen LogP contribution in [-0.2, 0) is 25.8 Å². The Morgan fingerprint density at radius 3 is 2.26 bits per heavy atom. The van der Waals surface area contributed by atoms with Crippen molar-refractivity contribution in [3.8, 4) is 0 Å². The maximum atomic E-state index is 11.8. The van der Waals surface area contributed by atoms with Crippen molar-refractivity contribution < 1.29 is 17.9 Å². The summed E-state index contributed by atoms with van der Waals surface area (Å²) in [4.78, 5) is 11.7. The number of carbonyl (C=O) groups is 1. The molecule has 6 heteroatoms. The second-order valence-electron chi connectivity index (χ2n) is 4.62. The van der Waals surface area contributed by atoms with Gasteiger partial charge >= 0.3 is 5.97 Å². The third-order valence-electron chi connectivity index (χ3n) is 3.24. The van der Waals surface area contributed by atoms with E-state index >= 15 is 0 Å². The van der Waals surface area contributed by atoms with E-state index in [-0.39, 0.29) is 6.42 Å². The van der Waals surface area contributed by atoms with Gasteiger partial charge in [-0.15, -0.1) is 0 Å². The lowest BCUT2D eigenvalue weighted by molar-refractivity contribution is -0.143. The fourth-order valence-corrected chi connectivity index (χ4v) is 2.81. The summed E-state index contributed by atoms with van der Waals surface area (Å²) in [5.41, 5.74) is 0.974. The van der Waals surface area contributed by atoms with Gasteiger partial charge in [-0.05, 0) is 37.5 Å². The number of halogens is 1. The zero-order valence-electron chi connectivity index (χ0n) is 11.1. The Hall–Kier alpha value is -0.880. The molecule has 19 heavy (non-hydrogen) atoms. The summed E-state index contributed by atoms with van der Waals surface area (Å²) in [6.07, 6.45) is 1.75. The summed E-state index contributed by atoms with van der Waals surface area (Å²) in [6.45, 7) is 1.41. The van der Waals surface area contributed by atoms with Gasteiger partial charge in [-0.3, -0.25) is 4.79 Å². The lowest BCUT2D eigenvalue weighted by atomic mass is 10.0. The number of hydrogen-bond acceptors (Lipinski definition) is 4. The van der Waals surface area contributed by atoms with Gasteiger partial charge in [0.1, 0.15) is 0 Å². The largest absolute Gasteiger partial charge is 0.468 e. The highest BCUT2D eigenvalue weighted by Gasteiger charge is 2.44. The van der Waals surface area contributed by atoms with Gasteiger partial charge in [0.15, 0.2) is 14.6 Å². The van der Waals surface area contributed by atoms with Gasteiger partial charge in [-0.25, -0.2) is 8.42 Å². The molecule has 0 spiro atoms. The first-order valence-electron chi connectivity index (χ1n) is 5.73. The van der Waals surface area contributed by atoms with Crippen molar-refractivity contribution >= 4 is 31.7 Å². The van der Waals surface area contributed by atoms with E-state index in [1.807, 2.05) is 24.3 Å². The lowest BCUT2D eigenvalue weighted by Gasteiger charge is -2.24. The normalized spacial score (nSPS) is 14.7. The van der Waals surface area contributed by atoms with Crippen LogP contribution >= 0.6 is 15.9 Å². The molecular formula is C13H17BrO4S. The molecule has 0 aliphatic carbocycles. The third-order valence-corrected chi connectivity index (χ3v) is 5.78. The molecule has 0 saturated heterocycles. The molecule has 0 fully saturated rings. The molecule has 0 saturated carbocycles. The minimum Gasteiger partial charge on any atom is -0.468 e. The quantitative estimate of drug-likeness (QED) is 0.766. The minimum atomic E-state index is -3.54. The molecule has 1 unspecified atom stereocenters. The fourth-order valence-electron chi connectivity index (χ4n) is 1.69. The van der Waals surface area contributed by atoms with E-state index in [2.05, 4.69) is 20.7 Å². The molecule has 1 atom stereocenters. The van der Waals surface area contributed by atoms with Crippen LogP contribution < -0.4 is 0 Å². The first-order valence-corrected chi connectivity index (χ1v) is 8.41. The highest BCUT2D eigenvalue weighted by Crippen LogP contribution is 2.25. The smallest absolute Gasteiger partial charge is 0.326 e. The fraction of sp³-hybridized carbons (Fsp3) is 0.462. The molecule has 0 bridgehead atoms. The van der Waals surface area contributed by atoms with Crippen LogP contribution in [0.5, 0.6) is 0 Å². The van der Waals surface area contributed by atoms with Crippen LogP contribution in [0.15, 0.2) is 28.7 Å². The Bertz CT molecular complexity index is 551. The zero-order valence-corrected chi connectivity index (χ0v) is 13.5. The second kappa shape index (κ2) is 6.05. The van der Waals surface area contributed by atoms with E-state index in [4.69, 9.17) is 0 Å². The van der Waals surface area contributed by atoms with Crippen molar-refractivity contribution in [2.45, 2.75) is 24.5 Å². The van der Waals surface area contributed by atoms with Crippen LogP contribution in [0, 0.1) is 0 Å². The molecule has 0 amide bonds. The Balaban J connectivity index is 2.92. The monoisotopic (exact) mass is 348 g/mol. The van der Waals surface area contributed by atoms with Crippen molar-refractivity contribution in [1.29, 1.82) is 0 Å². The highest BCUT2D eigenvalue weighted by molar-refractivity contribution is 9.10. The van der Waals surface area contributed by atoms with Gasteiger partial charge in [-0.2, -0.15) is 0 Å². The molecule has 1 aromatic carbocycles. The Morgan fingerprint density at radius 1 is 1.32 bits per heavy atom. The number of methoxy groups -OCH3 is 1. The summed E-state index contributed by atoms with van der Waals surface area (Å²) in [7, 11) is -2.34. The number of rotatable bonds is 5. The minimum absolute atomic E-state index is 0.195. The molecule has 4 nitrogen and oxygen atoms in total. The standard InChI is InChI=1S/C13H17BrO4S/c1-13(12(15)18-2,19(3,16)17)9-8-10-4-6-11(14)7-5-10/h4-7H,8-9H2,1-3H3. The average Bonchev–Trinajstić information content (AvgIpc) is 2.35. The molecule has 0 aliphatic rings. The van der Waals surface area contributed by atoms with E-state index in [0.717, 1.165) is 16.3 Å². The summed E-state index contributed by atoms with van der Waals surface area (Å²) in [5.74, 6) is -0.716. The maximum absolute atomic E-state index is 11.8. The van der Waals surface area contributed by atoms with Crippen LogP contribution in [0.3, 0.4) is 0 Å². The zero-order chi connectivity index (χ0) is 14.7. The molecule has 0 aromatic heterocycles. The van der Waals surface area contributed by atoms with Crippen molar-refractivity contribution in [2.75, 3.05) is 13.4 Å². The number of carbonyl (C=O) groups excluding carboxylic acids is 1. The van der Waals surface area contributed by atoms with E-state index < -0.39 is 20.6 Å². The van der Waals surface area contributed by atoms with Crippen molar-refractivity contribution in [3.05, 3.63) is 34.3 Å². The van der Waals surface area contributed by atoms with E-state index in [1.54, 1.807) is 0 Å². The molecular weight excluding hydrogens is 332 g/mol. The Morgan fingerprint density at radius 2 is 1.84 bits per heavy atom. The second-order valence-corrected chi connectivity index (χ2v) is 7.98. The topological polar surface area (TPSA) is 60.4 Å². The van der Waals surface area contributed by atoms with Crippen molar-refractivity contribution in [1.82, 2.24) is 0 Å². The average molecular weight is 349 g/mol. The number of aryl methyl sites for hydroxylation is 1. The molecule has 1 aromatic rings. The first-order chi connectivity index (χ1) is 8.70. The summed E-state index contributed by atoms with van der Waals surface area (Å²) >= 11 is 3.33. The molecule has 1 rings (SSSR count). The van der Waals surface area contributed by atoms with Gasteiger partial charge in [0.25, 0.3) is 0 Å². The van der Waals surface area contributed by atoms with Gasteiger partial charge in [-0.1, -0.05) is 28.1 Å². The highest BCUT2D eigenvalue weighted by atomic mass is 79.9. The van der Waals surface area contributed by atoms with Crippen LogP contribution in [0.4, 0.5) is 0 Å². The van der Waals surface area contributed by atoms with Crippen LogP contribution in [-0.4, -0.2) is 32.5 Å². The molecule has 0 heterocycles. The predicted molar refractivity (Wildman–Crippen MR) is 77.7 cm³/mol. The van der Waals surface area contributed by atoms with E-state index in [0.29, 0.717) is 6.42 Å². The van der Waals surface area contributed by atoms with E-state index in [9.17, 15) is 13.2 Å². The van der Waals surface area contributed by atoms with Gasteiger partial charge in [0.05, 0.1) is 7.11 Å². The van der Waals surface area contributed by atoms with Crippen LogP contribution in [0.2, 0.25) is 0 Å².